The maximum absolute atomic E-state index is 5.77. The lowest BCUT2D eigenvalue weighted by Gasteiger charge is -2.27. The number of thioether (sulfide) groups is 1. The lowest BCUT2D eigenvalue weighted by Crippen LogP contribution is -2.30. The van der Waals surface area contributed by atoms with Gasteiger partial charge in [0, 0.05) is 6.04 Å². The maximum atomic E-state index is 5.77. The predicted molar refractivity (Wildman–Crippen MR) is 82.2 cm³/mol. The van der Waals surface area contributed by atoms with Gasteiger partial charge in [0.25, 0.3) is 0 Å². The summed E-state index contributed by atoms with van der Waals surface area (Å²) in [5, 5.41) is 0. The SMILES string of the molecule is NNC(CC1CCSCC1)c1ccc2c(c1)OCCO2. The quantitative estimate of drug-likeness (QED) is 0.660. The van der Waals surface area contributed by atoms with Crippen LogP contribution in [0, 0.1) is 5.92 Å². The van der Waals surface area contributed by atoms with Crippen LogP contribution in [0.2, 0.25) is 0 Å². The summed E-state index contributed by atoms with van der Waals surface area (Å²) in [4.78, 5) is 0. The van der Waals surface area contributed by atoms with E-state index in [9.17, 15) is 0 Å². The van der Waals surface area contributed by atoms with Crippen LogP contribution in [0.3, 0.4) is 0 Å². The highest BCUT2D eigenvalue weighted by Crippen LogP contribution is 2.35. The van der Waals surface area contributed by atoms with Gasteiger partial charge in [0.1, 0.15) is 13.2 Å². The second-order valence-electron chi connectivity index (χ2n) is 5.41. The van der Waals surface area contributed by atoms with Crippen molar-refractivity contribution in [3.05, 3.63) is 23.8 Å². The normalized spacial score (nSPS) is 20.6. The van der Waals surface area contributed by atoms with Gasteiger partial charge in [0.15, 0.2) is 11.5 Å². The fraction of sp³-hybridized carbons (Fsp3) is 0.600. The lowest BCUT2D eigenvalue weighted by atomic mass is 9.91. The van der Waals surface area contributed by atoms with Crippen LogP contribution in [0.15, 0.2) is 18.2 Å². The van der Waals surface area contributed by atoms with Crippen LogP contribution in [0.25, 0.3) is 0 Å². The molecule has 2 aliphatic rings. The molecule has 0 aromatic heterocycles. The van der Waals surface area contributed by atoms with E-state index in [0.717, 1.165) is 23.8 Å². The number of hydrogen-bond acceptors (Lipinski definition) is 5. The Kier molecular flexibility index (Phi) is 4.70. The van der Waals surface area contributed by atoms with Gasteiger partial charge in [0.2, 0.25) is 0 Å². The van der Waals surface area contributed by atoms with Gasteiger partial charge in [-0.25, -0.2) is 0 Å². The van der Waals surface area contributed by atoms with Gasteiger partial charge in [0.05, 0.1) is 0 Å². The Labute approximate surface area is 124 Å². The number of nitrogens with one attached hydrogen (secondary N) is 1. The van der Waals surface area contributed by atoms with Gasteiger partial charge in [-0.3, -0.25) is 11.3 Å². The van der Waals surface area contributed by atoms with Gasteiger partial charge in [-0.05, 0) is 54.4 Å². The van der Waals surface area contributed by atoms with E-state index in [0.29, 0.717) is 13.2 Å². The third-order valence-electron chi connectivity index (χ3n) is 4.08. The molecule has 0 amide bonds. The molecule has 1 saturated heterocycles. The summed E-state index contributed by atoms with van der Waals surface area (Å²) in [5.74, 6) is 10.8. The molecule has 5 heteroatoms. The van der Waals surface area contributed by atoms with Crippen molar-refractivity contribution >= 4 is 11.8 Å². The van der Waals surface area contributed by atoms with E-state index >= 15 is 0 Å². The van der Waals surface area contributed by atoms with Gasteiger partial charge in [-0.1, -0.05) is 6.07 Å². The number of hydrogen-bond donors (Lipinski definition) is 2. The molecule has 2 heterocycles. The Morgan fingerprint density at radius 3 is 2.70 bits per heavy atom. The van der Waals surface area contributed by atoms with Crippen LogP contribution in [0.1, 0.15) is 30.9 Å². The summed E-state index contributed by atoms with van der Waals surface area (Å²) in [6.45, 7) is 1.25. The Bertz CT molecular complexity index is 449. The Morgan fingerprint density at radius 2 is 1.95 bits per heavy atom. The first-order valence-corrected chi connectivity index (χ1v) is 8.45. The minimum absolute atomic E-state index is 0.193. The fourth-order valence-electron chi connectivity index (χ4n) is 2.89. The minimum atomic E-state index is 0.193. The zero-order chi connectivity index (χ0) is 13.8. The second kappa shape index (κ2) is 6.70. The number of ether oxygens (including phenoxy) is 2. The molecular formula is C15H22N2O2S. The number of hydrazine groups is 1. The molecule has 0 aliphatic carbocycles. The van der Waals surface area contributed by atoms with Crippen LogP contribution in [-0.4, -0.2) is 24.7 Å². The summed E-state index contributed by atoms with van der Waals surface area (Å²) in [5.41, 5.74) is 4.16. The van der Waals surface area contributed by atoms with E-state index in [1.807, 2.05) is 6.07 Å². The molecule has 1 unspecified atom stereocenters. The van der Waals surface area contributed by atoms with Crippen molar-refractivity contribution in [2.24, 2.45) is 11.8 Å². The van der Waals surface area contributed by atoms with Crippen molar-refractivity contribution in [3.8, 4) is 11.5 Å². The number of nitrogens with two attached hydrogens (primary N) is 1. The highest BCUT2D eigenvalue weighted by molar-refractivity contribution is 7.99. The van der Waals surface area contributed by atoms with E-state index in [4.69, 9.17) is 15.3 Å². The second-order valence-corrected chi connectivity index (χ2v) is 6.64. The number of fused-ring (bicyclic) bond motifs is 1. The van der Waals surface area contributed by atoms with Gasteiger partial charge < -0.3 is 9.47 Å². The zero-order valence-corrected chi connectivity index (χ0v) is 12.5. The monoisotopic (exact) mass is 294 g/mol. The first kappa shape index (κ1) is 14.0. The summed E-state index contributed by atoms with van der Waals surface area (Å²) >= 11 is 2.06. The first-order valence-electron chi connectivity index (χ1n) is 7.30. The number of benzene rings is 1. The molecule has 3 N–H and O–H groups in total. The standard InChI is InChI=1S/C15H22N2O2S/c16-17-13(9-11-3-7-20-8-4-11)12-1-2-14-15(10-12)19-6-5-18-14/h1-2,10-11,13,17H,3-9,16H2. The third-order valence-corrected chi connectivity index (χ3v) is 5.13. The van der Waals surface area contributed by atoms with Gasteiger partial charge in [-0.2, -0.15) is 11.8 Å². The molecule has 20 heavy (non-hydrogen) atoms. The fourth-order valence-corrected chi connectivity index (χ4v) is 4.10. The maximum Gasteiger partial charge on any atom is 0.161 e. The Morgan fingerprint density at radius 1 is 1.20 bits per heavy atom. The smallest absolute Gasteiger partial charge is 0.161 e. The first-order chi connectivity index (χ1) is 9.86. The van der Waals surface area contributed by atoms with Crippen LogP contribution < -0.4 is 20.7 Å². The molecule has 1 aromatic carbocycles. The molecule has 2 aliphatic heterocycles. The molecule has 0 bridgehead atoms. The molecule has 1 atom stereocenters. The zero-order valence-electron chi connectivity index (χ0n) is 11.6. The molecule has 110 valence electrons. The molecule has 3 rings (SSSR count). The van der Waals surface area contributed by atoms with Crippen LogP contribution in [0.5, 0.6) is 11.5 Å². The Hall–Kier alpha value is -0.910. The largest absolute Gasteiger partial charge is 0.486 e. The topological polar surface area (TPSA) is 56.5 Å². The Balaban J connectivity index is 1.71. The van der Waals surface area contributed by atoms with E-state index < -0.39 is 0 Å². The molecule has 4 nitrogen and oxygen atoms in total. The van der Waals surface area contributed by atoms with Crippen molar-refractivity contribution in [1.29, 1.82) is 0 Å². The average Bonchev–Trinajstić information content (AvgIpc) is 2.53. The molecule has 1 aromatic rings. The third kappa shape index (κ3) is 3.22. The van der Waals surface area contributed by atoms with E-state index in [1.165, 1.54) is 29.9 Å². The van der Waals surface area contributed by atoms with E-state index in [1.54, 1.807) is 0 Å². The highest BCUT2D eigenvalue weighted by Gasteiger charge is 2.21. The summed E-state index contributed by atoms with van der Waals surface area (Å²) in [6, 6.07) is 6.34. The minimum Gasteiger partial charge on any atom is -0.486 e. The summed E-state index contributed by atoms with van der Waals surface area (Å²) < 4.78 is 11.2. The summed E-state index contributed by atoms with van der Waals surface area (Å²) in [6.07, 6.45) is 3.69. The van der Waals surface area contributed by atoms with Crippen molar-refractivity contribution in [1.82, 2.24) is 5.43 Å². The van der Waals surface area contributed by atoms with Gasteiger partial charge >= 0.3 is 0 Å². The van der Waals surface area contributed by atoms with Crippen LogP contribution in [-0.2, 0) is 0 Å². The average molecular weight is 294 g/mol. The van der Waals surface area contributed by atoms with E-state index in [-0.39, 0.29) is 6.04 Å². The number of rotatable bonds is 4. The van der Waals surface area contributed by atoms with Crippen LogP contribution >= 0.6 is 11.8 Å². The molecule has 0 spiro atoms. The predicted octanol–water partition coefficient (Wildman–Crippen LogP) is 2.50. The van der Waals surface area contributed by atoms with Crippen molar-refractivity contribution in [3.63, 3.8) is 0 Å². The highest BCUT2D eigenvalue weighted by atomic mass is 32.2. The van der Waals surface area contributed by atoms with Crippen molar-refractivity contribution in [2.45, 2.75) is 25.3 Å². The van der Waals surface area contributed by atoms with Crippen molar-refractivity contribution < 1.29 is 9.47 Å². The van der Waals surface area contributed by atoms with Gasteiger partial charge in [-0.15, -0.1) is 0 Å². The molecule has 1 fully saturated rings. The molecule has 0 radical (unpaired) electrons. The van der Waals surface area contributed by atoms with Crippen molar-refractivity contribution in [2.75, 3.05) is 24.7 Å². The lowest BCUT2D eigenvalue weighted by molar-refractivity contribution is 0.171. The van der Waals surface area contributed by atoms with E-state index in [2.05, 4.69) is 29.3 Å². The molecule has 0 saturated carbocycles. The summed E-state index contributed by atoms with van der Waals surface area (Å²) in [7, 11) is 0. The molecular weight excluding hydrogens is 272 g/mol. The van der Waals surface area contributed by atoms with Crippen LogP contribution in [0.4, 0.5) is 0 Å².